The van der Waals surface area contributed by atoms with E-state index in [9.17, 15) is 9.59 Å². The number of thioether (sulfide) groups is 2. The van der Waals surface area contributed by atoms with Crippen LogP contribution in [0.25, 0.3) is 0 Å². The Bertz CT molecular complexity index is 878. The first kappa shape index (κ1) is 20.4. The van der Waals surface area contributed by atoms with Gasteiger partial charge in [-0.2, -0.15) is 0 Å². The maximum absolute atomic E-state index is 12.6. The van der Waals surface area contributed by atoms with Crippen LogP contribution in [0.15, 0.2) is 48.5 Å². The molecule has 0 saturated carbocycles. The molecule has 2 atom stereocenters. The van der Waals surface area contributed by atoms with E-state index in [2.05, 4.69) is 17.4 Å². The maximum atomic E-state index is 12.6. The molecule has 1 amide bonds. The number of ether oxygens (including phenoxy) is 1. The van der Waals surface area contributed by atoms with E-state index < -0.39 is 12.1 Å². The van der Waals surface area contributed by atoms with Crippen LogP contribution < -0.4 is 5.32 Å². The van der Waals surface area contributed by atoms with Crippen LogP contribution in [-0.4, -0.2) is 29.5 Å². The molecule has 1 saturated heterocycles. The van der Waals surface area contributed by atoms with Gasteiger partial charge in [0.25, 0.3) is 5.91 Å². The Morgan fingerprint density at radius 3 is 2.55 bits per heavy atom. The van der Waals surface area contributed by atoms with Crippen LogP contribution in [-0.2, 0) is 16.0 Å². The Morgan fingerprint density at radius 2 is 1.79 bits per heavy atom. The lowest BCUT2D eigenvalue weighted by atomic mass is 9.87. The summed E-state index contributed by atoms with van der Waals surface area (Å²) in [6.07, 6.45) is 2.15. The number of rotatable bonds is 5. The van der Waals surface area contributed by atoms with Crippen molar-refractivity contribution in [1.29, 1.82) is 0 Å². The number of hydrogen-bond donors (Lipinski definition) is 1. The predicted molar refractivity (Wildman–Crippen MR) is 119 cm³/mol. The van der Waals surface area contributed by atoms with Crippen molar-refractivity contribution in [2.45, 2.75) is 42.9 Å². The van der Waals surface area contributed by atoms with E-state index in [4.69, 9.17) is 4.74 Å². The smallest absolute Gasteiger partial charge is 0.338 e. The summed E-state index contributed by atoms with van der Waals surface area (Å²) >= 11 is 3.86. The molecule has 2 aliphatic rings. The van der Waals surface area contributed by atoms with Crippen LogP contribution in [0.4, 0.5) is 0 Å². The van der Waals surface area contributed by atoms with Gasteiger partial charge in [-0.3, -0.25) is 4.79 Å². The van der Waals surface area contributed by atoms with Gasteiger partial charge in [-0.05, 0) is 55.0 Å². The Labute approximate surface area is 180 Å². The van der Waals surface area contributed by atoms with Gasteiger partial charge in [-0.25, -0.2) is 4.79 Å². The summed E-state index contributed by atoms with van der Waals surface area (Å²) in [5.41, 5.74) is 4.15. The first-order valence-corrected chi connectivity index (χ1v) is 12.1. The first-order valence-electron chi connectivity index (χ1n) is 10.0. The molecule has 1 aliphatic carbocycles. The minimum absolute atomic E-state index is 0.0192. The molecular weight excluding hydrogens is 402 g/mol. The van der Waals surface area contributed by atoms with E-state index in [1.165, 1.54) is 16.7 Å². The van der Waals surface area contributed by atoms with E-state index in [1.807, 2.05) is 47.8 Å². The van der Waals surface area contributed by atoms with Gasteiger partial charge < -0.3 is 10.1 Å². The molecule has 2 aromatic rings. The second-order valence-corrected chi connectivity index (χ2v) is 10.1. The summed E-state index contributed by atoms with van der Waals surface area (Å²) in [5, 5.41) is 3.06. The number of amides is 1. The van der Waals surface area contributed by atoms with E-state index in [0.717, 1.165) is 30.8 Å². The highest BCUT2D eigenvalue weighted by Gasteiger charge is 2.26. The van der Waals surface area contributed by atoms with Crippen molar-refractivity contribution in [3.8, 4) is 0 Å². The normalized spacial score (nSPS) is 20.0. The summed E-state index contributed by atoms with van der Waals surface area (Å²) in [5.74, 6) is 1.61. The fraction of sp³-hybridized carbons (Fsp3) is 0.391. The zero-order valence-corrected chi connectivity index (χ0v) is 18.1. The molecule has 152 valence electrons. The maximum Gasteiger partial charge on any atom is 0.338 e. The van der Waals surface area contributed by atoms with Crippen LogP contribution in [0, 0.1) is 0 Å². The molecule has 2 aromatic carbocycles. The molecule has 4 rings (SSSR count). The second kappa shape index (κ2) is 9.26. The average Bonchev–Trinajstić information content (AvgIpc) is 3.29. The minimum Gasteiger partial charge on any atom is -0.449 e. The number of carbonyl (C=O) groups excluding carboxylic acids is 2. The molecular formula is C23H25NO3S2. The molecule has 29 heavy (non-hydrogen) atoms. The Kier molecular flexibility index (Phi) is 6.50. The zero-order chi connectivity index (χ0) is 20.2. The standard InChI is InChI=1S/C23H25NO3S2/c1-15(21(25)24-20-8-4-6-16-5-2-3-7-19(16)20)27-22(26)17-9-11-18(12-10-17)23-28-13-14-29-23/h2-3,5,7,9-12,15,20,23H,4,6,8,13-14H2,1H3,(H,24,25)/t15-,20-/m0/s1. The summed E-state index contributed by atoms with van der Waals surface area (Å²) in [6, 6.07) is 15.7. The second-order valence-electron chi connectivity index (χ2n) is 7.40. The van der Waals surface area contributed by atoms with Gasteiger partial charge in [0.05, 0.1) is 16.2 Å². The van der Waals surface area contributed by atoms with Gasteiger partial charge in [-0.1, -0.05) is 36.4 Å². The molecule has 1 fully saturated rings. The third kappa shape index (κ3) is 4.81. The van der Waals surface area contributed by atoms with E-state index >= 15 is 0 Å². The van der Waals surface area contributed by atoms with Gasteiger partial charge in [-0.15, -0.1) is 23.5 Å². The van der Waals surface area contributed by atoms with Crippen LogP contribution in [0.3, 0.4) is 0 Å². The molecule has 0 spiro atoms. The fourth-order valence-corrected chi connectivity index (χ4v) is 6.66. The SMILES string of the molecule is C[C@H](OC(=O)c1ccc(C2SCCS2)cc1)C(=O)N[C@H]1CCCc2ccccc21. The number of fused-ring (bicyclic) bond motifs is 1. The van der Waals surface area contributed by atoms with Crippen molar-refractivity contribution >= 4 is 35.4 Å². The minimum atomic E-state index is -0.836. The highest BCUT2D eigenvalue weighted by atomic mass is 32.2. The van der Waals surface area contributed by atoms with Crippen molar-refractivity contribution in [1.82, 2.24) is 5.32 Å². The molecule has 1 heterocycles. The summed E-state index contributed by atoms with van der Waals surface area (Å²) in [7, 11) is 0. The summed E-state index contributed by atoms with van der Waals surface area (Å²) < 4.78 is 5.88. The van der Waals surface area contributed by atoms with Crippen LogP contribution in [0.5, 0.6) is 0 Å². The number of hydrogen-bond acceptors (Lipinski definition) is 5. The van der Waals surface area contributed by atoms with Crippen LogP contribution >= 0.6 is 23.5 Å². The predicted octanol–water partition coefficient (Wildman–Crippen LogP) is 4.90. The van der Waals surface area contributed by atoms with Gasteiger partial charge in [0.15, 0.2) is 6.10 Å². The van der Waals surface area contributed by atoms with E-state index in [0.29, 0.717) is 10.1 Å². The average molecular weight is 428 g/mol. The molecule has 0 radical (unpaired) electrons. The highest BCUT2D eigenvalue weighted by molar-refractivity contribution is 8.19. The van der Waals surface area contributed by atoms with Crippen LogP contribution in [0.2, 0.25) is 0 Å². The number of carbonyl (C=O) groups is 2. The third-order valence-electron chi connectivity index (χ3n) is 5.38. The van der Waals surface area contributed by atoms with E-state index in [1.54, 1.807) is 19.1 Å². The topological polar surface area (TPSA) is 55.4 Å². The molecule has 1 aliphatic heterocycles. The molecule has 1 N–H and O–H groups in total. The number of nitrogens with one attached hydrogen (secondary N) is 1. The van der Waals surface area contributed by atoms with Crippen molar-refractivity contribution in [2.24, 2.45) is 0 Å². The molecule has 0 unspecified atom stereocenters. The van der Waals surface area contributed by atoms with Gasteiger partial charge in [0.2, 0.25) is 0 Å². The molecule has 0 bridgehead atoms. The largest absolute Gasteiger partial charge is 0.449 e. The zero-order valence-electron chi connectivity index (χ0n) is 16.4. The molecule has 0 aromatic heterocycles. The number of benzene rings is 2. The van der Waals surface area contributed by atoms with Gasteiger partial charge >= 0.3 is 5.97 Å². The van der Waals surface area contributed by atoms with Crippen molar-refractivity contribution < 1.29 is 14.3 Å². The molecule has 4 nitrogen and oxygen atoms in total. The Balaban J connectivity index is 1.34. The third-order valence-corrected chi connectivity index (χ3v) is 8.48. The van der Waals surface area contributed by atoms with Crippen LogP contribution in [0.1, 0.15) is 57.4 Å². The molecule has 6 heteroatoms. The highest BCUT2D eigenvalue weighted by Crippen LogP contribution is 2.45. The number of aryl methyl sites for hydroxylation is 1. The summed E-state index contributed by atoms with van der Waals surface area (Å²) in [4.78, 5) is 25.1. The lowest BCUT2D eigenvalue weighted by Crippen LogP contribution is -2.39. The van der Waals surface area contributed by atoms with Gasteiger partial charge in [0, 0.05) is 11.5 Å². The lowest BCUT2D eigenvalue weighted by Gasteiger charge is -2.27. The summed E-state index contributed by atoms with van der Waals surface area (Å²) in [6.45, 7) is 1.63. The first-order chi connectivity index (χ1) is 14.1. The van der Waals surface area contributed by atoms with Crippen molar-refractivity contribution in [3.05, 3.63) is 70.8 Å². The number of esters is 1. The monoisotopic (exact) mass is 427 g/mol. The van der Waals surface area contributed by atoms with Crippen molar-refractivity contribution in [2.75, 3.05) is 11.5 Å². The van der Waals surface area contributed by atoms with Crippen molar-refractivity contribution in [3.63, 3.8) is 0 Å². The van der Waals surface area contributed by atoms with E-state index in [-0.39, 0.29) is 11.9 Å². The quantitative estimate of drug-likeness (QED) is 0.688. The van der Waals surface area contributed by atoms with Gasteiger partial charge in [0.1, 0.15) is 0 Å². The fourth-order valence-electron chi connectivity index (χ4n) is 3.80. The lowest BCUT2D eigenvalue weighted by molar-refractivity contribution is -0.130. The Hall–Kier alpha value is -1.92. The Morgan fingerprint density at radius 1 is 1.07 bits per heavy atom.